The maximum atomic E-state index is 13.3. The lowest BCUT2D eigenvalue weighted by Crippen LogP contribution is -2.40. The molecule has 1 amide bonds. The molecule has 0 unspecified atom stereocenters. The molecule has 0 bridgehead atoms. The van der Waals surface area contributed by atoms with Gasteiger partial charge in [-0.25, -0.2) is 8.78 Å². The van der Waals surface area contributed by atoms with E-state index in [1.165, 1.54) is 17.8 Å². The van der Waals surface area contributed by atoms with Gasteiger partial charge in [0.2, 0.25) is 5.91 Å². The number of piperidine rings is 1. The minimum absolute atomic E-state index is 0.0109. The van der Waals surface area contributed by atoms with E-state index in [-0.39, 0.29) is 17.6 Å². The molecule has 1 aliphatic rings. The standard InChI is InChI=1S/C19H18F2N4OS/c20-15-7-6-14(10-16(15)21)27-12-18(26)24-8-3-4-13(11-24)19-23-22-17-5-1-2-9-25(17)19/h1-2,5-7,9-10,13H,3-4,8,11-12H2/t13-/m0/s1. The second-order valence-electron chi connectivity index (χ2n) is 6.53. The van der Waals surface area contributed by atoms with Crippen molar-refractivity contribution >= 4 is 23.3 Å². The first-order chi connectivity index (χ1) is 13.1. The molecule has 2 aromatic heterocycles. The summed E-state index contributed by atoms with van der Waals surface area (Å²) in [5.74, 6) is -0.597. The van der Waals surface area contributed by atoms with Crippen molar-refractivity contribution in [3.8, 4) is 0 Å². The van der Waals surface area contributed by atoms with Crippen LogP contribution in [-0.2, 0) is 4.79 Å². The number of amides is 1. The van der Waals surface area contributed by atoms with Crippen molar-refractivity contribution in [1.82, 2.24) is 19.5 Å². The van der Waals surface area contributed by atoms with Crippen molar-refractivity contribution in [2.24, 2.45) is 0 Å². The third kappa shape index (κ3) is 3.80. The Kier molecular flexibility index (Phi) is 5.07. The van der Waals surface area contributed by atoms with Gasteiger partial charge in [-0.1, -0.05) is 6.07 Å². The summed E-state index contributed by atoms with van der Waals surface area (Å²) in [5.41, 5.74) is 0.796. The van der Waals surface area contributed by atoms with Gasteiger partial charge in [0.15, 0.2) is 17.3 Å². The zero-order chi connectivity index (χ0) is 18.8. The number of nitrogens with zero attached hydrogens (tertiary/aromatic N) is 4. The van der Waals surface area contributed by atoms with Crippen LogP contribution in [0, 0.1) is 11.6 Å². The number of aromatic nitrogens is 3. The molecule has 3 heterocycles. The van der Waals surface area contributed by atoms with Crippen LogP contribution in [0.15, 0.2) is 47.5 Å². The van der Waals surface area contributed by atoms with E-state index in [1.54, 1.807) is 0 Å². The van der Waals surface area contributed by atoms with Crippen LogP contribution in [-0.4, -0.2) is 44.2 Å². The lowest BCUT2D eigenvalue weighted by atomic mass is 9.97. The van der Waals surface area contributed by atoms with E-state index in [2.05, 4.69) is 10.2 Å². The van der Waals surface area contributed by atoms with Gasteiger partial charge in [0.25, 0.3) is 0 Å². The van der Waals surface area contributed by atoms with Gasteiger partial charge < -0.3 is 4.90 Å². The summed E-state index contributed by atoms with van der Waals surface area (Å²) in [4.78, 5) is 15.0. The number of rotatable bonds is 4. The van der Waals surface area contributed by atoms with E-state index in [0.717, 1.165) is 36.4 Å². The Hall–Kier alpha value is -2.48. The zero-order valence-electron chi connectivity index (χ0n) is 14.5. The number of likely N-dealkylation sites (tertiary alicyclic amines) is 1. The number of hydrogen-bond donors (Lipinski definition) is 0. The van der Waals surface area contributed by atoms with Crippen molar-refractivity contribution < 1.29 is 13.6 Å². The van der Waals surface area contributed by atoms with E-state index < -0.39 is 11.6 Å². The number of thioether (sulfide) groups is 1. The monoisotopic (exact) mass is 388 g/mol. The van der Waals surface area contributed by atoms with Crippen molar-refractivity contribution in [2.45, 2.75) is 23.7 Å². The molecule has 1 aromatic carbocycles. The molecule has 1 saturated heterocycles. The van der Waals surface area contributed by atoms with Gasteiger partial charge in [-0.3, -0.25) is 9.20 Å². The number of halogens is 2. The van der Waals surface area contributed by atoms with Crippen LogP contribution in [0.4, 0.5) is 8.78 Å². The lowest BCUT2D eigenvalue weighted by molar-refractivity contribution is -0.129. The fourth-order valence-electron chi connectivity index (χ4n) is 3.36. The van der Waals surface area contributed by atoms with E-state index >= 15 is 0 Å². The number of hydrogen-bond acceptors (Lipinski definition) is 4. The molecular weight excluding hydrogens is 370 g/mol. The van der Waals surface area contributed by atoms with Crippen LogP contribution in [0.3, 0.4) is 0 Å². The van der Waals surface area contributed by atoms with Crippen LogP contribution < -0.4 is 0 Å². The quantitative estimate of drug-likeness (QED) is 0.642. The van der Waals surface area contributed by atoms with Crippen LogP contribution in [0.25, 0.3) is 5.65 Å². The summed E-state index contributed by atoms with van der Waals surface area (Å²) in [6, 6.07) is 9.44. The Morgan fingerprint density at radius 1 is 1.19 bits per heavy atom. The first kappa shape index (κ1) is 17.9. The molecule has 1 fully saturated rings. The molecule has 1 aliphatic heterocycles. The largest absolute Gasteiger partial charge is 0.341 e. The summed E-state index contributed by atoms with van der Waals surface area (Å²) in [6.07, 6.45) is 3.79. The van der Waals surface area contributed by atoms with Gasteiger partial charge in [-0.05, 0) is 43.2 Å². The summed E-state index contributed by atoms with van der Waals surface area (Å²) in [5, 5.41) is 8.51. The number of carbonyl (C=O) groups excluding carboxylic acids is 1. The highest BCUT2D eigenvalue weighted by atomic mass is 32.2. The van der Waals surface area contributed by atoms with Gasteiger partial charge >= 0.3 is 0 Å². The smallest absolute Gasteiger partial charge is 0.232 e. The second kappa shape index (κ2) is 7.64. The fraction of sp³-hybridized carbons (Fsp3) is 0.316. The SMILES string of the molecule is O=C(CSc1ccc(F)c(F)c1)N1CCC[C@H](c2nnc3ccccn23)C1. The molecule has 0 aliphatic carbocycles. The minimum atomic E-state index is -0.899. The zero-order valence-corrected chi connectivity index (χ0v) is 15.3. The summed E-state index contributed by atoms with van der Waals surface area (Å²) >= 11 is 1.22. The highest BCUT2D eigenvalue weighted by Gasteiger charge is 2.27. The van der Waals surface area contributed by atoms with Gasteiger partial charge in [0.05, 0.1) is 5.75 Å². The average molecular weight is 388 g/mol. The fourth-order valence-corrected chi connectivity index (χ4v) is 4.18. The predicted octanol–water partition coefficient (Wildman–Crippen LogP) is 3.51. The maximum absolute atomic E-state index is 13.3. The molecule has 5 nitrogen and oxygen atoms in total. The third-order valence-corrected chi connectivity index (χ3v) is 5.71. The average Bonchev–Trinajstić information content (AvgIpc) is 3.13. The Bertz CT molecular complexity index is 977. The van der Waals surface area contributed by atoms with Gasteiger partial charge in [-0.2, -0.15) is 0 Å². The second-order valence-corrected chi connectivity index (χ2v) is 7.58. The highest BCUT2D eigenvalue weighted by Crippen LogP contribution is 2.27. The molecule has 0 radical (unpaired) electrons. The Morgan fingerprint density at radius 3 is 2.93 bits per heavy atom. The van der Waals surface area contributed by atoms with Gasteiger partial charge in [-0.15, -0.1) is 22.0 Å². The summed E-state index contributed by atoms with van der Waals surface area (Å²) in [7, 11) is 0. The first-order valence-electron chi connectivity index (χ1n) is 8.77. The predicted molar refractivity (Wildman–Crippen MR) is 98.6 cm³/mol. The Labute approximate surface area is 159 Å². The number of carbonyl (C=O) groups is 1. The number of benzene rings is 1. The molecule has 1 atom stereocenters. The van der Waals surface area contributed by atoms with E-state index in [4.69, 9.17) is 0 Å². The van der Waals surface area contributed by atoms with Crippen molar-refractivity contribution in [1.29, 1.82) is 0 Å². The molecular formula is C19H18F2N4OS. The van der Waals surface area contributed by atoms with Crippen LogP contribution in [0.1, 0.15) is 24.6 Å². The normalized spacial score (nSPS) is 17.4. The van der Waals surface area contributed by atoms with E-state index in [1.807, 2.05) is 33.7 Å². The summed E-state index contributed by atoms with van der Waals surface area (Å²) < 4.78 is 28.3. The molecule has 27 heavy (non-hydrogen) atoms. The molecule has 8 heteroatoms. The molecule has 0 spiro atoms. The highest BCUT2D eigenvalue weighted by molar-refractivity contribution is 8.00. The van der Waals surface area contributed by atoms with Crippen molar-refractivity contribution in [3.63, 3.8) is 0 Å². The number of fused-ring (bicyclic) bond motifs is 1. The third-order valence-electron chi connectivity index (χ3n) is 4.73. The van der Waals surface area contributed by atoms with E-state index in [0.29, 0.717) is 18.0 Å². The topological polar surface area (TPSA) is 50.5 Å². The number of pyridine rings is 1. The lowest BCUT2D eigenvalue weighted by Gasteiger charge is -2.32. The molecule has 140 valence electrons. The van der Waals surface area contributed by atoms with Gasteiger partial charge in [0, 0.05) is 30.1 Å². The Balaban J connectivity index is 1.41. The molecule has 0 N–H and O–H groups in total. The molecule has 0 saturated carbocycles. The molecule has 4 rings (SSSR count). The van der Waals surface area contributed by atoms with Crippen LogP contribution in [0.5, 0.6) is 0 Å². The summed E-state index contributed by atoms with van der Waals surface area (Å²) in [6.45, 7) is 1.29. The van der Waals surface area contributed by atoms with Crippen molar-refractivity contribution in [2.75, 3.05) is 18.8 Å². The van der Waals surface area contributed by atoms with Gasteiger partial charge in [0.1, 0.15) is 5.82 Å². The van der Waals surface area contributed by atoms with E-state index in [9.17, 15) is 13.6 Å². The van der Waals surface area contributed by atoms with Crippen molar-refractivity contribution in [3.05, 3.63) is 60.1 Å². The van der Waals surface area contributed by atoms with Crippen LogP contribution >= 0.6 is 11.8 Å². The Morgan fingerprint density at radius 2 is 2.07 bits per heavy atom. The first-order valence-corrected chi connectivity index (χ1v) is 9.75. The maximum Gasteiger partial charge on any atom is 0.232 e. The van der Waals surface area contributed by atoms with Crippen LogP contribution in [0.2, 0.25) is 0 Å². The minimum Gasteiger partial charge on any atom is -0.341 e. The molecule has 3 aromatic rings.